The van der Waals surface area contributed by atoms with Crippen molar-refractivity contribution in [2.75, 3.05) is 5.84 Å². The van der Waals surface area contributed by atoms with Gasteiger partial charge in [0.1, 0.15) is 0 Å². The van der Waals surface area contributed by atoms with Crippen molar-refractivity contribution in [2.45, 2.75) is 0 Å². The van der Waals surface area contributed by atoms with Crippen molar-refractivity contribution in [1.82, 2.24) is 10.2 Å². The molecule has 0 aliphatic carbocycles. The molecule has 0 bridgehead atoms. The first-order chi connectivity index (χ1) is 8.83. The lowest BCUT2D eigenvalue weighted by atomic mass is 10.2. The van der Waals surface area contributed by atoms with Crippen LogP contribution in [0.3, 0.4) is 0 Å². The Bertz CT molecular complexity index is 646. The molecule has 2 heterocycles. The third kappa shape index (κ3) is 1.93. The topological polar surface area (TPSA) is 68.8 Å². The number of nitrogens with zero attached hydrogens (tertiary/aromatic N) is 3. The quantitative estimate of drug-likeness (QED) is 0.542. The Labute approximate surface area is 103 Å². The van der Waals surface area contributed by atoms with Gasteiger partial charge < -0.3 is 4.42 Å². The molecule has 1 aromatic carbocycles. The van der Waals surface area contributed by atoms with Crippen molar-refractivity contribution in [2.24, 2.45) is 0 Å². The third-order valence-electron chi connectivity index (χ3n) is 2.55. The van der Waals surface area contributed by atoms with Gasteiger partial charge in [-0.3, -0.25) is 0 Å². The Balaban J connectivity index is 1.97. The van der Waals surface area contributed by atoms with Gasteiger partial charge in [-0.1, -0.05) is 22.9 Å². The van der Waals surface area contributed by atoms with Crippen LogP contribution < -0.4 is 10.5 Å². The van der Waals surface area contributed by atoms with E-state index in [1.807, 2.05) is 42.5 Å². The van der Waals surface area contributed by atoms with Crippen LogP contribution in [0.5, 0.6) is 0 Å². The van der Waals surface area contributed by atoms with Crippen molar-refractivity contribution in [3.05, 3.63) is 54.9 Å². The number of benzene rings is 1. The Morgan fingerprint density at radius 3 is 2.00 bits per heavy atom. The van der Waals surface area contributed by atoms with Crippen LogP contribution in [0.4, 0.5) is 0 Å². The van der Waals surface area contributed by atoms with Gasteiger partial charge in [-0.2, -0.15) is 0 Å². The molecule has 2 aromatic heterocycles. The summed E-state index contributed by atoms with van der Waals surface area (Å²) in [5.41, 5.74) is 1.74. The fourth-order valence-electron chi connectivity index (χ4n) is 1.62. The van der Waals surface area contributed by atoms with E-state index >= 15 is 0 Å². The Kier molecular flexibility index (Phi) is 2.49. The van der Waals surface area contributed by atoms with E-state index in [2.05, 4.69) is 10.2 Å². The minimum absolute atomic E-state index is 0.481. The van der Waals surface area contributed by atoms with E-state index in [0.29, 0.717) is 11.8 Å². The summed E-state index contributed by atoms with van der Waals surface area (Å²) in [6, 6.07) is 13.3. The molecule has 0 unspecified atom stereocenters. The molecule has 5 heteroatoms. The first-order valence-corrected chi connectivity index (χ1v) is 5.48. The molecule has 3 aromatic rings. The Morgan fingerprint density at radius 2 is 1.39 bits per heavy atom. The summed E-state index contributed by atoms with van der Waals surface area (Å²) < 4.78 is 7.08. The van der Waals surface area contributed by atoms with Gasteiger partial charge in [0.05, 0.1) is 5.56 Å². The maximum Gasteiger partial charge on any atom is 0.248 e. The van der Waals surface area contributed by atoms with Crippen LogP contribution in [-0.4, -0.2) is 10.2 Å². The van der Waals surface area contributed by atoms with Crippen LogP contribution in [0.15, 0.2) is 59.3 Å². The maximum absolute atomic E-state index is 5.62. The molecule has 0 fully saturated rings. The zero-order chi connectivity index (χ0) is 12.4. The maximum atomic E-state index is 5.62. The highest BCUT2D eigenvalue weighted by atomic mass is 16.4. The first kappa shape index (κ1) is 10.5. The minimum Gasteiger partial charge on any atom is -0.416 e. The van der Waals surface area contributed by atoms with Crippen molar-refractivity contribution in [3.8, 4) is 22.9 Å². The summed E-state index contributed by atoms with van der Waals surface area (Å²) in [4.78, 5) is 0. The third-order valence-corrected chi connectivity index (χ3v) is 2.55. The van der Waals surface area contributed by atoms with Gasteiger partial charge >= 0.3 is 0 Å². The van der Waals surface area contributed by atoms with Gasteiger partial charge in [-0.25, -0.2) is 5.84 Å². The minimum atomic E-state index is 0.481. The predicted octanol–water partition coefficient (Wildman–Crippen LogP) is 1.40. The van der Waals surface area contributed by atoms with E-state index < -0.39 is 0 Å². The molecule has 0 aliphatic rings. The van der Waals surface area contributed by atoms with E-state index in [9.17, 15) is 0 Å². The zero-order valence-electron chi connectivity index (χ0n) is 9.52. The van der Waals surface area contributed by atoms with E-state index in [-0.39, 0.29) is 0 Å². The van der Waals surface area contributed by atoms with Gasteiger partial charge in [0.2, 0.25) is 11.8 Å². The molecule has 3 rings (SSSR count). The summed E-state index contributed by atoms with van der Waals surface area (Å²) in [6.07, 6.45) is 3.45. The molecule has 2 N–H and O–H groups in total. The first-order valence-electron chi connectivity index (χ1n) is 5.48. The van der Waals surface area contributed by atoms with E-state index in [1.165, 1.54) is 4.68 Å². The van der Waals surface area contributed by atoms with Gasteiger partial charge in [-0.15, -0.1) is 10.2 Å². The molecule has 18 heavy (non-hydrogen) atoms. The zero-order valence-corrected chi connectivity index (χ0v) is 9.52. The number of nitrogen functional groups attached to an aromatic ring is 1. The van der Waals surface area contributed by atoms with Crippen LogP contribution in [0.1, 0.15) is 0 Å². The van der Waals surface area contributed by atoms with Gasteiger partial charge in [-0.05, 0) is 12.1 Å². The van der Waals surface area contributed by atoms with Gasteiger partial charge in [0, 0.05) is 17.7 Å². The van der Waals surface area contributed by atoms with Crippen molar-refractivity contribution in [3.63, 3.8) is 0 Å². The van der Waals surface area contributed by atoms with E-state index in [1.54, 1.807) is 12.4 Å². The monoisotopic (exact) mass is 239 g/mol. The summed E-state index contributed by atoms with van der Waals surface area (Å²) in [7, 11) is 0. The Hall–Kier alpha value is -2.69. The molecule has 0 saturated heterocycles. The number of aromatic nitrogens is 3. The number of hydrogen-bond donors (Lipinski definition) is 1. The average molecular weight is 239 g/mol. The lowest BCUT2D eigenvalue weighted by Gasteiger charge is -1.93. The molecular weight excluding hydrogens is 228 g/mol. The van der Waals surface area contributed by atoms with Crippen LogP contribution >= 0.6 is 0 Å². The molecule has 5 nitrogen and oxygen atoms in total. The molecule has 0 saturated carbocycles. The summed E-state index contributed by atoms with van der Waals surface area (Å²) >= 11 is 0. The van der Waals surface area contributed by atoms with Crippen LogP contribution in [-0.2, 0) is 0 Å². The van der Waals surface area contributed by atoms with Crippen LogP contribution in [0.25, 0.3) is 22.9 Å². The van der Waals surface area contributed by atoms with Crippen LogP contribution in [0, 0.1) is 0 Å². The molecule has 0 atom stereocenters. The number of rotatable bonds is 2. The molecule has 0 aliphatic heterocycles. The smallest absolute Gasteiger partial charge is 0.248 e. The lowest BCUT2D eigenvalue weighted by molar-refractivity contribution is -0.638. The van der Waals surface area contributed by atoms with Crippen molar-refractivity contribution >= 4 is 0 Å². The second-order valence-corrected chi connectivity index (χ2v) is 3.81. The predicted molar refractivity (Wildman–Crippen MR) is 65.5 cm³/mol. The molecular formula is C13H11N4O+. The second kappa shape index (κ2) is 4.29. The fourth-order valence-corrected chi connectivity index (χ4v) is 1.62. The Morgan fingerprint density at radius 1 is 0.833 bits per heavy atom. The summed E-state index contributed by atoms with van der Waals surface area (Å²) in [6.45, 7) is 0. The normalized spacial score (nSPS) is 10.4. The van der Waals surface area contributed by atoms with Crippen LogP contribution in [0.2, 0.25) is 0 Å². The number of hydrogen-bond acceptors (Lipinski definition) is 4. The van der Waals surface area contributed by atoms with Crippen molar-refractivity contribution in [1.29, 1.82) is 0 Å². The summed E-state index contributed by atoms with van der Waals surface area (Å²) in [5.74, 6) is 6.54. The van der Waals surface area contributed by atoms with E-state index in [4.69, 9.17) is 10.3 Å². The second-order valence-electron chi connectivity index (χ2n) is 3.81. The highest BCUT2D eigenvalue weighted by Gasteiger charge is 2.10. The van der Waals surface area contributed by atoms with Crippen molar-refractivity contribution < 1.29 is 9.09 Å². The molecule has 0 radical (unpaired) electrons. The fraction of sp³-hybridized carbons (Fsp3) is 0. The molecule has 0 spiro atoms. The SMILES string of the molecule is N[n+]1ccc(-c2nnc(-c3ccccc3)o2)cc1. The van der Waals surface area contributed by atoms with Gasteiger partial charge in [0.25, 0.3) is 0 Å². The molecule has 88 valence electrons. The van der Waals surface area contributed by atoms with E-state index in [0.717, 1.165) is 11.1 Å². The highest BCUT2D eigenvalue weighted by molar-refractivity contribution is 5.56. The highest BCUT2D eigenvalue weighted by Crippen LogP contribution is 2.22. The average Bonchev–Trinajstić information content (AvgIpc) is 2.90. The van der Waals surface area contributed by atoms with Gasteiger partial charge in [0.15, 0.2) is 12.4 Å². The standard InChI is InChI=1S/C13H11N4O/c14-17-8-6-11(7-9-17)13-16-15-12(18-13)10-4-2-1-3-5-10/h1-9H,14H2/q+1. The lowest BCUT2D eigenvalue weighted by Crippen LogP contribution is -2.43. The number of nitrogens with two attached hydrogens (primary N) is 1. The number of pyridine rings is 1. The summed E-state index contributed by atoms with van der Waals surface area (Å²) in [5, 5.41) is 8.06. The largest absolute Gasteiger partial charge is 0.416 e. The molecule has 0 amide bonds.